The fourth-order valence-electron chi connectivity index (χ4n) is 2.35. The van der Waals surface area contributed by atoms with E-state index in [9.17, 15) is 4.79 Å². The van der Waals surface area contributed by atoms with Gasteiger partial charge in [-0.15, -0.1) is 0 Å². The van der Waals surface area contributed by atoms with Crippen molar-refractivity contribution in [3.05, 3.63) is 0 Å². The number of hydrogen-bond donors (Lipinski definition) is 3. The van der Waals surface area contributed by atoms with E-state index in [1.54, 1.807) is 0 Å². The number of amides is 1. The van der Waals surface area contributed by atoms with Crippen molar-refractivity contribution in [3.8, 4) is 0 Å². The van der Waals surface area contributed by atoms with Crippen molar-refractivity contribution in [2.45, 2.75) is 64.5 Å². The molecule has 5 nitrogen and oxygen atoms in total. The maximum absolute atomic E-state index is 11.7. The molecule has 1 amide bonds. The first kappa shape index (κ1) is 14.8. The Balaban J connectivity index is 2.57. The van der Waals surface area contributed by atoms with Crippen molar-refractivity contribution in [2.24, 2.45) is 11.7 Å². The van der Waals surface area contributed by atoms with Crippen molar-refractivity contribution in [3.63, 3.8) is 0 Å². The number of nitrogens with one attached hydrogen (secondary N) is 2. The highest BCUT2D eigenvalue weighted by Gasteiger charge is 2.29. The molecule has 5 heteroatoms. The van der Waals surface area contributed by atoms with E-state index in [2.05, 4.69) is 5.32 Å². The minimum atomic E-state index is -0.530. The summed E-state index contributed by atoms with van der Waals surface area (Å²) < 4.78 is 5.21. The Morgan fingerprint density at radius 1 is 1.33 bits per heavy atom. The lowest BCUT2D eigenvalue weighted by Crippen LogP contribution is -2.50. The van der Waals surface area contributed by atoms with Crippen molar-refractivity contribution in [1.29, 1.82) is 5.41 Å². The maximum atomic E-state index is 11.7. The largest absolute Gasteiger partial charge is 0.444 e. The average Bonchev–Trinajstić information content (AvgIpc) is 2.24. The molecule has 1 saturated carbocycles. The van der Waals surface area contributed by atoms with Crippen LogP contribution in [0, 0.1) is 11.3 Å². The normalized spacial score (nSPS) is 19.1. The molecule has 1 rings (SSSR count). The predicted octanol–water partition coefficient (Wildman–Crippen LogP) is 2.40. The number of ether oxygens (including phenoxy) is 1. The van der Waals surface area contributed by atoms with Crippen molar-refractivity contribution < 1.29 is 9.53 Å². The molecule has 104 valence electrons. The van der Waals surface area contributed by atoms with Gasteiger partial charge in [0, 0.05) is 0 Å². The molecule has 0 aliphatic heterocycles. The number of rotatable bonds is 3. The Kier molecular flexibility index (Phi) is 4.99. The summed E-state index contributed by atoms with van der Waals surface area (Å²) in [4.78, 5) is 11.7. The second-order valence-corrected chi connectivity index (χ2v) is 5.98. The summed E-state index contributed by atoms with van der Waals surface area (Å²) in [5.41, 5.74) is 5.06. The molecule has 0 saturated heterocycles. The molecule has 0 radical (unpaired) electrons. The first-order valence-electron chi connectivity index (χ1n) is 6.63. The van der Waals surface area contributed by atoms with Gasteiger partial charge >= 0.3 is 6.09 Å². The third-order valence-corrected chi connectivity index (χ3v) is 3.13. The summed E-state index contributed by atoms with van der Waals surface area (Å²) in [7, 11) is 0. The second kappa shape index (κ2) is 6.07. The molecule has 0 heterocycles. The van der Waals surface area contributed by atoms with Crippen LogP contribution in [0.2, 0.25) is 0 Å². The molecule has 0 spiro atoms. The van der Waals surface area contributed by atoms with Crippen LogP contribution in [-0.2, 0) is 4.74 Å². The SMILES string of the molecule is CC(C)(C)OC(=O)N[C@H](C(=N)N)C1CCCCC1. The molecule has 1 aliphatic rings. The Morgan fingerprint density at radius 2 is 1.89 bits per heavy atom. The molecule has 1 atom stereocenters. The lowest BCUT2D eigenvalue weighted by atomic mass is 9.83. The highest BCUT2D eigenvalue weighted by Crippen LogP contribution is 2.26. The van der Waals surface area contributed by atoms with Gasteiger partial charge in [0.25, 0.3) is 0 Å². The van der Waals surface area contributed by atoms with Crippen LogP contribution in [0.25, 0.3) is 0 Å². The third kappa shape index (κ3) is 4.94. The van der Waals surface area contributed by atoms with E-state index in [1.807, 2.05) is 20.8 Å². The molecule has 1 aliphatic carbocycles. The van der Waals surface area contributed by atoms with Crippen molar-refractivity contribution in [1.82, 2.24) is 5.32 Å². The molecular formula is C13H25N3O2. The second-order valence-electron chi connectivity index (χ2n) is 5.98. The van der Waals surface area contributed by atoms with Gasteiger partial charge in [-0.2, -0.15) is 0 Å². The van der Waals surface area contributed by atoms with E-state index >= 15 is 0 Å². The van der Waals surface area contributed by atoms with Crippen LogP contribution in [0.5, 0.6) is 0 Å². The van der Waals surface area contributed by atoms with Gasteiger partial charge in [0.05, 0.1) is 6.04 Å². The van der Waals surface area contributed by atoms with Gasteiger partial charge in [0.1, 0.15) is 11.4 Å². The van der Waals surface area contributed by atoms with Crippen LogP contribution in [-0.4, -0.2) is 23.6 Å². The van der Waals surface area contributed by atoms with Gasteiger partial charge in [-0.05, 0) is 39.5 Å². The quantitative estimate of drug-likeness (QED) is 0.534. The Morgan fingerprint density at radius 3 is 2.33 bits per heavy atom. The highest BCUT2D eigenvalue weighted by atomic mass is 16.6. The van der Waals surface area contributed by atoms with E-state index < -0.39 is 11.7 Å². The van der Waals surface area contributed by atoms with Gasteiger partial charge in [0.2, 0.25) is 0 Å². The lowest BCUT2D eigenvalue weighted by molar-refractivity contribution is 0.0499. The molecule has 0 aromatic carbocycles. The van der Waals surface area contributed by atoms with E-state index in [0.29, 0.717) is 0 Å². The summed E-state index contributed by atoms with van der Waals surface area (Å²) in [6.07, 6.45) is 5.05. The number of hydrogen-bond acceptors (Lipinski definition) is 3. The minimum absolute atomic E-state index is 0.0211. The predicted molar refractivity (Wildman–Crippen MR) is 71.6 cm³/mol. The topological polar surface area (TPSA) is 88.2 Å². The summed E-state index contributed by atoms with van der Waals surface area (Å²) in [6, 6.07) is -0.389. The molecule has 0 unspecified atom stereocenters. The zero-order valence-electron chi connectivity index (χ0n) is 11.6. The molecule has 1 fully saturated rings. The number of carbonyl (C=O) groups excluding carboxylic acids is 1. The first-order chi connectivity index (χ1) is 8.29. The highest BCUT2D eigenvalue weighted by molar-refractivity contribution is 5.86. The van der Waals surface area contributed by atoms with Crippen LogP contribution in [0.3, 0.4) is 0 Å². The van der Waals surface area contributed by atoms with Gasteiger partial charge in [-0.25, -0.2) is 4.79 Å². The summed E-state index contributed by atoms with van der Waals surface area (Å²) in [5, 5.41) is 10.4. The van der Waals surface area contributed by atoms with Crippen molar-refractivity contribution >= 4 is 11.9 Å². The monoisotopic (exact) mass is 255 g/mol. The van der Waals surface area contributed by atoms with E-state index in [1.165, 1.54) is 6.42 Å². The fourth-order valence-corrected chi connectivity index (χ4v) is 2.35. The zero-order chi connectivity index (χ0) is 13.8. The van der Waals surface area contributed by atoms with Crippen LogP contribution in [0.15, 0.2) is 0 Å². The Hall–Kier alpha value is -1.26. The maximum Gasteiger partial charge on any atom is 0.408 e. The van der Waals surface area contributed by atoms with Crippen LogP contribution in [0.4, 0.5) is 4.79 Å². The minimum Gasteiger partial charge on any atom is -0.444 e. The lowest BCUT2D eigenvalue weighted by Gasteiger charge is -2.30. The van der Waals surface area contributed by atoms with E-state index in [-0.39, 0.29) is 17.8 Å². The van der Waals surface area contributed by atoms with Crippen LogP contribution in [0.1, 0.15) is 52.9 Å². The van der Waals surface area contributed by atoms with Crippen LogP contribution < -0.4 is 11.1 Å². The fraction of sp³-hybridized carbons (Fsp3) is 0.846. The van der Waals surface area contributed by atoms with Gasteiger partial charge in [-0.3, -0.25) is 5.41 Å². The van der Waals surface area contributed by atoms with Gasteiger partial charge < -0.3 is 15.8 Å². The zero-order valence-corrected chi connectivity index (χ0v) is 11.6. The smallest absolute Gasteiger partial charge is 0.408 e. The van der Waals surface area contributed by atoms with Crippen molar-refractivity contribution in [2.75, 3.05) is 0 Å². The Labute approximate surface area is 109 Å². The third-order valence-electron chi connectivity index (χ3n) is 3.13. The summed E-state index contributed by atoms with van der Waals surface area (Å²) in [6.45, 7) is 5.45. The molecule has 0 bridgehead atoms. The molecule has 0 aromatic heterocycles. The average molecular weight is 255 g/mol. The Bertz CT molecular complexity index is 304. The number of alkyl carbamates (subject to hydrolysis) is 1. The summed E-state index contributed by atoms with van der Waals surface area (Å²) >= 11 is 0. The summed E-state index contributed by atoms with van der Waals surface area (Å²) in [5.74, 6) is 0.288. The standard InChI is InChI=1S/C13H25N3O2/c1-13(2,3)18-12(17)16-10(11(14)15)9-7-5-4-6-8-9/h9-10H,4-8H2,1-3H3,(H3,14,15)(H,16,17)/t10-/m0/s1. The van der Waals surface area contributed by atoms with Crippen LogP contribution >= 0.6 is 0 Å². The molecule has 4 N–H and O–H groups in total. The van der Waals surface area contributed by atoms with Gasteiger partial charge in [0.15, 0.2) is 0 Å². The molecular weight excluding hydrogens is 230 g/mol. The molecule has 18 heavy (non-hydrogen) atoms. The first-order valence-corrected chi connectivity index (χ1v) is 6.63. The number of nitrogens with two attached hydrogens (primary N) is 1. The number of amidine groups is 1. The van der Waals surface area contributed by atoms with E-state index in [0.717, 1.165) is 25.7 Å². The molecule has 0 aromatic rings. The number of carbonyl (C=O) groups is 1. The van der Waals surface area contributed by atoms with Gasteiger partial charge in [-0.1, -0.05) is 19.3 Å². The van der Waals surface area contributed by atoms with E-state index in [4.69, 9.17) is 15.9 Å².